The number of rotatable bonds is 28. The number of aryl methyl sites for hydroxylation is 4. The van der Waals surface area contributed by atoms with E-state index in [0.717, 1.165) is 88.4 Å². The van der Waals surface area contributed by atoms with Gasteiger partial charge in [-0.3, -0.25) is 0 Å². The molecule has 0 radical (unpaired) electrons. The summed E-state index contributed by atoms with van der Waals surface area (Å²) in [6.45, 7) is 30.0. The van der Waals surface area contributed by atoms with Crippen molar-refractivity contribution in [3.63, 3.8) is 0 Å². The molecule has 0 spiro atoms. The smallest absolute Gasteiger partial charge is 0.493 e. The van der Waals surface area contributed by atoms with Gasteiger partial charge in [0.2, 0.25) is 11.4 Å². The molecule has 1 aliphatic rings. The van der Waals surface area contributed by atoms with E-state index in [2.05, 4.69) is 107 Å². The average Bonchev–Trinajstić information content (AvgIpc) is 3.53. The molecule has 0 amide bonds. The zero-order chi connectivity index (χ0) is 43.1. The van der Waals surface area contributed by atoms with Gasteiger partial charge >= 0.3 is 16.5 Å². The fourth-order valence-electron chi connectivity index (χ4n) is 8.07. The second-order valence-electron chi connectivity index (χ2n) is 17.0. The minimum Gasteiger partial charge on any atom is -0.493 e. The molecule has 0 atom stereocenters. The number of hydrogen-bond donors (Lipinski definition) is 0. The van der Waals surface area contributed by atoms with E-state index in [0.29, 0.717) is 0 Å². The first-order chi connectivity index (χ1) is 28.3. The number of nitrogens with zero attached hydrogens (tertiary/aromatic N) is 2. The van der Waals surface area contributed by atoms with E-state index in [4.69, 9.17) is 0 Å². The predicted octanol–water partition coefficient (Wildman–Crippen LogP) is 18.5. The van der Waals surface area contributed by atoms with Gasteiger partial charge in [-0.1, -0.05) is 133 Å². The van der Waals surface area contributed by atoms with Crippen LogP contribution in [0, 0.1) is 13.8 Å². The maximum absolute atomic E-state index is 12.7. The molecular weight excluding hydrogens is 759 g/mol. The largest absolute Gasteiger partial charge is 2.00 e. The quantitative estimate of drug-likeness (QED) is 0.0463. The molecule has 3 heteroatoms. The molecule has 59 heavy (non-hydrogen) atoms. The van der Waals surface area contributed by atoms with E-state index in [1.807, 2.05) is 0 Å². The summed E-state index contributed by atoms with van der Waals surface area (Å²) in [7, 11) is 0. The van der Waals surface area contributed by atoms with Crippen LogP contribution >= 0.6 is 0 Å². The van der Waals surface area contributed by atoms with E-state index in [9.17, 15) is 5.53 Å². The fourth-order valence-corrected chi connectivity index (χ4v) is 8.07. The SMILES string of the molecule is CCCCC1=C(c2cc(CCCC)c(CCCC)c(CCCC)c2)[N+](=[N-])C(c2cc(CCCC)c(CCCC)c(CCCC)c2)=C1CCCC.[CH2-]CCC.[CH2-]CCC.[Ni+2]. The molecule has 0 bridgehead atoms. The van der Waals surface area contributed by atoms with Crippen molar-refractivity contribution in [3.05, 3.63) is 99.3 Å². The number of hydrogen-bond acceptors (Lipinski definition) is 0. The molecule has 0 aliphatic carbocycles. The van der Waals surface area contributed by atoms with Crippen LogP contribution < -0.4 is 0 Å². The Labute approximate surface area is 379 Å². The molecule has 0 aromatic heterocycles. The minimum absolute atomic E-state index is 0. The number of allylic oxidation sites excluding steroid dienone is 2. The van der Waals surface area contributed by atoms with Gasteiger partial charge in [-0.15, -0.1) is 0 Å². The molecule has 0 N–H and O–H groups in total. The Morgan fingerprint density at radius 3 is 0.814 bits per heavy atom. The average molecular weight is 854 g/mol. The maximum Gasteiger partial charge on any atom is 2.00 e. The summed E-state index contributed by atoms with van der Waals surface area (Å²) in [6, 6.07) is 10.0. The first-order valence-corrected chi connectivity index (χ1v) is 25.1. The van der Waals surface area contributed by atoms with Crippen molar-refractivity contribution < 1.29 is 21.2 Å². The van der Waals surface area contributed by atoms with Gasteiger partial charge in [0.25, 0.3) is 0 Å². The summed E-state index contributed by atoms with van der Waals surface area (Å²) in [5.41, 5.74) is 29.5. The second kappa shape index (κ2) is 35.6. The van der Waals surface area contributed by atoms with Crippen LogP contribution in [0.4, 0.5) is 0 Å². The first-order valence-electron chi connectivity index (χ1n) is 25.1. The Morgan fingerprint density at radius 1 is 0.373 bits per heavy atom. The van der Waals surface area contributed by atoms with Gasteiger partial charge in [-0.25, -0.2) is 4.70 Å². The maximum atomic E-state index is 12.7. The molecule has 0 saturated carbocycles. The van der Waals surface area contributed by atoms with Gasteiger partial charge < -0.3 is 19.4 Å². The van der Waals surface area contributed by atoms with Gasteiger partial charge in [0.1, 0.15) is 0 Å². The van der Waals surface area contributed by atoms with E-state index < -0.39 is 0 Å². The van der Waals surface area contributed by atoms with Gasteiger partial charge in [-0.05, 0) is 160 Å². The van der Waals surface area contributed by atoms with Crippen LogP contribution in [-0.2, 0) is 55.0 Å². The van der Waals surface area contributed by atoms with Crippen LogP contribution in [0.3, 0.4) is 0 Å². The first kappa shape index (κ1) is 57.0. The third-order valence-corrected chi connectivity index (χ3v) is 11.8. The van der Waals surface area contributed by atoms with Crippen molar-refractivity contribution in [2.75, 3.05) is 0 Å². The summed E-state index contributed by atoms with van der Waals surface area (Å²) in [5.74, 6) is 0. The van der Waals surface area contributed by atoms with Gasteiger partial charge in [0.05, 0.1) is 0 Å². The Hall–Kier alpha value is -1.99. The molecule has 2 aromatic carbocycles. The zero-order valence-electron chi connectivity index (χ0n) is 40.7. The van der Waals surface area contributed by atoms with Crippen molar-refractivity contribution in [2.24, 2.45) is 0 Å². The van der Waals surface area contributed by atoms with Crippen molar-refractivity contribution in [2.45, 2.75) is 249 Å². The van der Waals surface area contributed by atoms with E-state index >= 15 is 0 Å². The summed E-state index contributed by atoms with van der Waals surface area (Å²) < 4.78 is 1.69. The predicted molar refractivity (Wildman–Crippen MR) is 262 cm³/mol. The summed E-state index contributed by atoms with van der Waals surface area (Å²) >= 11 is 0. The van der Waals surface area contributed by atoms with Crippen LogP contribution in [0.25, 0.3) is 16.9 Å². The van der Waals surface area contributed by atoms with Crippen molar-refractivity contribution in [1.82, 2.24) is 0 Å². The number of benzene rings is 2. The van der Waals surface area contributed by atoms with Crippen LogP contribution in [0.1, 0.15) is 255 Å². The molecule has 0 saturated heterocycles. The molecular formula is C56H94N2Ni. The number of unbranched alkanes of at least 4 members (excludes halogenated alkanes) is 10. The van der Waals surface area contributed by atoms with E-state index in [1.165, 1.54) is 147 Å². The molecule has 338 valence electrons. The molecule has 0 fully saturated rings. The van der Waals surface area contributed by atoms with Gasteiger partial charge in [0, 0.05) is 22.3 Å². The fraction of sp³-hybridized carbons (Fsp3) is 0.679. The standard InChI is InChI=1S/C48H76N2.2C4H9.Ni/c1-9-17-25-37-33-41(34-38(26-18-10-2)43(37)29-21-13-5)47-45(31-23-15-7)46(32-24-16-8)48(50(47)49)42-35-39(27-19-11-3)44(30-22-14-6)40(36-42)28-20-12-4;2*1-3-4-2;/h33-36H,9-32H2,1-8H3;2*1,3-4H2,2H3;/q;2*-1;+2. The van der Waals surface area contributed by atoms with Gasteiger partial charge in [0.15, 0.2) is 0 Å². The van der Waals surface area contributed by atoms with E-state index in [-0.39, 0.29) is 16.5 Å². The topological polar surface area (TPSA) is 25.3 Å². The van der Waals surface area contributed by atoms with Crippen LogP contribution in [0.2, 0.25) is 0 Å². The van der Waals surface area contributed by atoms with Gasteiger partial charge in [-0.2, -0.15) is 12.8 Å². The van der Waals surface area contributed by atoms with Crippen LogP contribution in [0.5, 0.6) is 0 Å². The summed E-state index contributed by atoms with van der Waals surface area (Å²) in [4.78, 5) is 0. The molecule has 2 aromatic rings. The molecule has 3 rings (SSSR count). The minimum atomic E-state index is 0. The Balaban J connectivity index is 0.00000341. The Morgan fingerprint density at radius 2 is 0.593 bits per heavy atom. The third-order valence-electron chi connectivity index (χ3n) is 11.8. The Bertz CT molecular complexity index is 1310. The summed E-state index contributed by atoms with van der Waals surface area (Å²) in [6.07, 6.45) is 32.8. The van der Waals surface area contributed by atoms with E-state index in [1.54, 1.807) is 15.8 Å². The van der Waals surface area contributed by atoms with Crippen molar-refractivity contribution >= 4 is 11.4 Å². The molecule has 0 unspecified atom stereocenters. The normalized spacial score (nSPS) is 12.4. The van der Waals surface area contributed by atoms with Crippen LogP contribution in [-0.4, -0.2) is 4.70 Å². The second-order valence-corrected chi connectivity index (χ2v) is 17.0. The molecule has 1 heterocycles. The van der Waals surface area contributed by atoms with Crippen molar-refractivity contribution in [1.29, 1.82) is 0 Å². The third kappa shape index (κ3) is 19.3. The zero-order valence-corrected chi connectivity index (χ0v) is 41.7. The summed E-state index contributed by atoms with van der Waals surface area (Å²) in [5, 5.41) is 0. The monoisotopic (exact) mass is 853 g/mol. The molecule has 2 nitrogen and oxygen atoms in total. The van der Waals surface area contributed by atoms with Crippen molar-refractivity contribution in [3.8, 4) is 0 Å². The van der Waals surface area contributed by atoms with Crippen LogP contribution in [0.15, 0.2) is 35.4 Å². The molecule has 1 aliphatic heterocycles. The Kier molecular flexibility index (Phi) is 34.4.